The van der Waals surface area contributed by atoms with E-state index >= 15 is 0 Å². The van der Waals surface area contributed by atoms with E-state index < -0.39 is 11.7 Å². The van der Waals surface area contributed by atoms with E-state index in [0.29, 0.717) is 28.0 Å². The Morgan fingerprint density at radius 2 is 1.76 bits per heavy atom. The highest BCUT2D eigenvalue weighted by molar-refractivity contribution is 7.99. The predicted octanol–water partition coefficient (Wildman–Crippen LogP) is 4.97. The van der Waals surface area contributed by atoms with Crippen LogP contribution in [0.5, 0.6) is 0 Å². The second-order valence-electron chi connectivity index (χ2n) is 7.71. The lowest BCUT2D eigenvalue weighted by Crippen LogP contribution is -2.15. The number of thioether (sulfide) groups is 1. The summed E-state index contributed by atoms with van der Waals surface area (Å²) in [5.41, 5.74) is 3.15. The van der Waals surface area contributed by atoms with Crippen LogP contribution in [0.4, 0.5) is 15.8 Å². The minimum atomic E-state index is -0.435. The Hall–Kier alpha value is -3.72. The fourth-order valence-corrected chi connectivity index (χ4v) is 3.89. The van der Waals surface area contributed by atoms with Gasteiger partial charge >= 0.3 is 0 Å². The van der Waals surface area contributed by atoms with Gasteiger partial charge in [0.2, 0.25) is 5.91 Å². The van der Waals surface area contributed by atoms with Gasteiger partial charge in [0.15, 0.2) is 10.8 Å². The zero-order chi connectivity index (χ0) is 23.4. The first-order valence-corrected chi connectivity index (χ1v) is 11.3. The monoisotopic (exact) mass is 463 g/mol. The van der Waals surface area contributed by atoms with Crippen LogP contribution in [-0.2, 0) is 4.79 Å². The van der Waals surface area contributed by atoms with Crippen molar-refractivity contribution in [1.82, 2.24) is 14.6 Å². The van der Waals surface area contributed by atoms with Gasteiger partial charge in [-0.05, 0) is 53.9 Å². The predicted molar refractivity (Wildman–Crippen MR) is 127 cm³/mol. The Balaban J connectivity index is 1.43. The molecular weight excluding hydrogens is 441 g/mol. The lowest BCUT2D eigenvalue weighted by molar-refractivity contribution is -0.113. The van der Waals surface area contributed by atoms with Crippen LogP contribution in [0.2, 0.25) is 0 Å². The zero-order valence-electron chi connectivity index (χ0n) is 18.1. The van der Waals surface area contributed by atoms with Crippen LogP contribution in [0.1, 0.15) is 35.7 Å². The maximum Gasteiger partial charge on any atom is 0.257 e. The zero-order valence-corrected chi connectivity index (χ0v) is 18.9. The van der Waals surface area contributed by atoms with Crippen molar-refractivity contribution >= 4 is 40.6 Å². The largest absolute Gasteiger partial charge is 0.325 e. The molecule has 0 aliphatic rings. The summed E-state index contributed by atoms with van der Waals surface area (Å²) in [6, 6.07) is 16.7. The molecule has 0 saturated heterocycles. The SMILES string of the molecule is CC(C)c1cccc(NC(=O)CSc2nnc3ccc(C(=O)Nc4cccc(F)c4)cn23)c1. The summed E-state index contributed by atoms with van der Waals surface area (Å²) >= 11 is 1.22. The molecule has 7 nitrogen and oxygen atoms in total. The van der Waals surface area contributed by atoms with Crippen molar-refractivity contribution in [2.45, 2.75) is 24.9 Å². The maximum atomic E-state index is 13.4. The second kappa shape index (κ2) is 9.83. The molecule has 2 N–H and O–H groups in total. The van der Waals surface area contributed by atoms with Crippen molar-refractivity contribution in [2.24, 2.45) is 0 Å². The average molecular weight is 464 g/mol. The Morgan fingerprint density at radius 1 is 1.00 bits per heavy atom. The molecule has 0 fully saturated rings. The Morgan fingerprint density at radius 3 is 2.52 bits per heavy atom. The van der Waals surface area contributed by atoms with Crippen molar-refractivity contribution in [2.75, 3.05) is 16.4 Å². The van der Waals surface area contributed by atoms with Crippen LogP contribution in [0, 0.1) is 5.82 Å². The first-order chi connectivity index (χ1) is 15.9. The molecule has 0 atom stereocenters. The lowest BCUT2D eigenvalue weighted by Gasteiger charge is -2.09. The van der Waals surface area contributed by atoms with Gasteiger partial charge in [0.1, 0.15) is 5.82 Å². The summed E-state index contributed by atoms with van der Waals surface area (Å²) in [6.07, 6.45) is 1.59. The highest BCUT2D eigenvalue weighted by Crippen LogP contribution is 2.21. The number of nitrogens with zero attached hydrogens (tertiary/aromatic N) is 3. The fourth-order valence-electron chi connectivity index (χ4n) is 3.17. The van der Waals surface area contributed by atoms with E-state index in [1.54, 1.807) is 28.8 Å². The molecule has 2 aromatic heterocycles. The van der Waals surface area contributed by atoms with Crippen LogP contribution in [0.15, 0.2) is 72.0 Å². The molecule has 2 aromatic carbocycles. The van der Waals surface area contributed by atoms with Crippen molar-refractivity contribution in [3.05, 3.63) is 83.8 Å². The first kappa shape index (κ1) is 22.5. The summed E-state index contributed by atoms with van der Waals surface area (Å²) in [5.74, 6) is -0.500. The molecule has 0 bridgehead atoms. The molecule has 2 amide bonds. The number of amides is 2. The summed E-state index contributed by atoms with van der Waals surface area (Å²) in [5, 5.41) is 14.3. The quantitative estimate of drug-likeness (QED) is 0.378. The topological polar surface area (TPSA) is 88.4 Å². The molecule has 2 heterocycles. The van der Waals surface area contributed by atoms with E-state index in [0.717, 1.165) is 11.3 Å². The number of carbonyl (C=O) groups excluding carboxylic acids is 2. The van der Waals surface area contributed by atoms with Crippen LogP contribution in [0.25, 0.3) is 5.65 Å². The third-order valence-corrected chi connectivity index (χ3v) is 5.83. The molecule has 168 valence electrons. The number of hydrogen-bond acceptors (Lipinski definition) is 5. The van der Waals surface area contributed by atoms with Crippen LogP contribution in [-0.4, -0.2) is 32.2 Å². The van der Waals surface area contributed by atoms with E-state index in [9.17, 15) is 14.0 Å². The van der Waals surface area contributed by atoms with E-state index in [1.807, 2.05) is 24.3 Å². The minimum Gasteiger partial charge on any atom is -0.325 e. The first-order valence-electron chi connectivity index (χ1n) is 10.3. The lowest BCUT2D eigenvalue weighted by atomic mass is 10.0. The number of anilines is 2. The molecule has 9 heteroatoms. The van der Waals surface area contributed by atoms with E-state index in [2.05, 4.69) is 34.7 Å². The summed E-state index contributed by atoms with van der Waals surface area (Å²) in [6.45, 7) is 4.19. The summed E-state index contributed by atoms with van der Waals surface area (Å²) < 4.78 is 15.0. The van der Waals surface area contributed by atoms with Gasteiger partial charge in [-0.15, -0.1) is 10.2 Å². The second-order valence-corrected chi connectivity index (χ2v) is 8.65. The third kappa shape index (κ3) is 5.56. The minimum absolute atomic E-state index is 0.131. The Bertz CT molecular complexity index is 1320. The van der Waals surface area contributed by atoms with Gasteiger partial charge in [0, 0.05) is 17.6 Å². The number of fused-ring (bicyclic) bond motifs is 1. The molecule has 0 radical (unpaired) electrons. The maximum absolute atomic E-state index is 13.4. The number of nitrogens with one attached hydrogen (secondary N) is 2. The van der Waals surface area contributed by atoms with Crippen LogP contribution < -0.4 is 10.6 Å². The van der Waals surface area contributed by atoms with E-state index in [1.165, 1.54) is 30.0 Å². The number of aromatic nitrogens is 3. The highest BCUT2D eigenvalue weighted by Gasteiger charge is 2.13. The van der Waals surface area contributed by atoms with Crippen LogP contribution in [0.3, 0.4) is 0 Å². The van der Waals surface area contributed by atoms with Gasteiger partial charge in [0.25, 0.3) is 5.91 Å². The van der Waals surface area contributed by atoms with E-state index in [-0.39, 0.29) is 11.7 Å². The fraction of sp³-hybridized carbons (Fsp3) is 0.167. The van der Waals surface area contributed by atoms with Gasteiger partial charge < -0.3 is 10.6 Å². The van der Waals surface area contributed by atoms with Gasteiger partial charge in [-0.2, -0.15) is 0 Å². The molecule has 4 rings (SSSR count). The standard InChI is InChI=1S/C24H22FN5O2S/c1-15(2)16-5-3-7-19(11-16)26-22(31)14-33-24-29-28-21-10-9-17(13-30(21)24)23(32)27-20-8-4-6-18(25)12-20/h3-13,15H,14H2,1-2H3,(H,26,31)(H,27,32). The third-order valence-electron chi connectivity index (χ3n) is 4.89. The molecule has 0 saturated carbocycles. The Kier molecular flexibility index (Phi) is 6.69. The number of rotatable bonds is 7. The molecule has 33 heavy (non-hydrogen) atoms. The van der Waals surface area contributed by atoms with Crippen molar-refractivity contribution in [1.29, 1.82) is 0 Å². The number of halogens is 1. The number of hydrogen-bond donors (Lipinski definition) is 2. The van der Waals surface area contributed by atoms with Gasteiger partial charge in [-0.25, -0.2) is 4.39 Å². The normalized spacial score (nSPS) is 11.0. The molecule has 0 aliphatic carbocycles. The van der Waals surface area contributed by atoms with Gasteiger partial charge in [-0.3, -0.25) is 14.0 Å². The van der Waals surface area contributed by atoms with E-state index in [4.69, 9.17) is 0 Å². The molecule has 4 aromatic rings. The smallest absolute Gasteiger partial charge is 0.257 e. The molecule has 0 spiro atoms. The number of carbonyl (C=O) groups is 2. The molecular formula is C24H22FN5O2S. The number of benzene rings is 2. The van der Waals surface area contributed by atoms with Gasteiger partial charge in [-0.1, -0.05) is 43.8 Å². The highest BCUT2D eigenvalue weighted by atomic mass is 32.2. The molecule has 0 aliphatic heterocycles. The summed E-state index contributed by atoms with van der Waals surface area (Å²) in [7, 11) is 0. The van der Waals surface area contributed by atoms with Crippen molar-refractivity contribution in [3.8, 4) is 0 Å². The number of pyridine rings is 1. The molecule has 0 unspecified atom stereocenters. The average Bonchev–Trinajstić information content (AvgIpc) is 3.20. The van der Waals surface area contributed by atoms with Crippen molar-refractivity contribution < 1.29 is 14.0 Å². The summed E-state index contributed by atoms with van der Waals surface area (Å²) in [4.78, 5) is 25.0. The van der Waals surface area contributed by atoms with Crippen LogP contribution >= 0.6 is 11.8 Å². The van der Waals surface area contributed by atoms with Gasteiger partial charge in [0.05, 0.1) is 11.3 Å². The van der Waals surface area contributed by atoms with Crippen molar-refractivity contribution in [3.63, 3.8) is 0 Å². The Labute approximate surface area is 194 Å².